The highest BCUT2D eigenvalue weighted by Crippen LogP contribution is 2.32. The molecule has 2 aromatic carbocycles. The summed E-state index contributed by atoms with van der Waals surface area (Å²) in [6.45, 7) is 1.82. The van der Waals surface area contributed by atoms with Crippen LogP contribution in [0.2, 0.25) is 5.02 Å². The summed E-state index contributed by atoms with van der Waals surface area (Å²) in [7, 11) is 0. The van der Waals surface area contributed by atoms with Gasteiger partial charge in [-0.25, -0.2) is 0 Å². The number of ether oxygens (including phenoxy) is 1. The van der Waals surface area contributed by atoms with Crippen LogP contribution < -0.4 is 10.2 Å². The zero-order valence-electron chi connectivity index (χ0n) is 17.8. The van der Waals surface area contributed by atoms with Gasteiger partial charge in [-0.2, -0.15) is 0 Å². The summed E-state index contributed by atoms with van der Waals surface area (Å²) in [6, 6.07) is 15.2. The smallest absolute Gasteiger partial charge is 0.251 e. The van der Waals surface area contributed by atoms with E-state index in [-0.39, 0.29) is 23.9 Å². The zero-order chi connectivity index (χ0) is 22.1. The van der Waals surface area contributed by atoms with E-state index in [4.69, 9.17) is 16.3 Å². The Bertz CT molecular complexity index is 1140. The molecular formula is C25H26ClN3O3. The molecule has 1 N–H and O–H groups in total. The van der Waals surface area contributed by atoms with E-state index >= 15 is 0 Å². The standard InChI is InChI=1S/C25H26ClN3O3/c26-20-15-29(22-6-2-1-5-19(20)22)23-12-14-32-16-21(23)27-25(31)17-8-10-18(11-9-17)28-13-4-3-7-24(28)30/h1-2,5-6,8-11,15,21,23H,3-4,7,12-14,16H2,(H,27,31). The first kappa shape index (κ1) is 21.0. The van der Waals surface area contributed by atoms with Crippen LogP contribution in [0.5, 0.6) is 0 Å². The maximum atomic E-state index is 13.0. The van der Waals surface area contributed by atoms with Gasteiger partial charge >= 0.3 is 0 Å². The number of nitrogens with zero attached hydrogens (tertiary/aromatic N) is 2. The lowest BCUT2D eigenvalue weighted by Crippen LogP contribution is -2.47. The molecule has 0 spiro atoms. The van der Waals surface area contributed by atoms with E-state index in [0.717, 1.165) is 42.4 Å². The fraction of sp³-hybridized carbons (Fsp3) is 0.360. The van der Waals surface area contributed by atoms with Gasteiger partial charge in [0.1, 0.15) is 0 Å². The number of benzene rings is 2. The first-order valence-corrected chi connectivity index (χ1v) is 11.5. The Labute approximate surface area is 192 Å². The Balaban J connectivity index is 1.34. The van der Waals surface area contributed by atoms with Crippen LogP contribution >= 0.6 is 11.6 Å². The van der Waals surface area contributed by atoms with Crippen LogP contribution in [0.25, 0.3) is 10.9 Å². The number of halogens is 1. The van der Waals surface area contributed by atoms with E-state index in [9.17, 15) is 9.59 Å². The van der Waals surface area contributed by atoms with Crippen LogP contribution in [0.15, 0.2) is 54.7 Å². The second kappa shape index (κ2) is 8.96. The second-order valence-electron chi connectivity index (χ2n) is 8.46. The molecule has 0 bridgehead atoms. The molecule has 0 saturated carbocycles. The summed E-state index contributed by atoms with van der Waals surface area (Å²) < 4.78 is 7.86. The fourth-order valence-electron chi connectivity index (χ4n) is 4.76. The van der Waals surface area contributed by atoms with E-state index in [2.05, 4.69) is 16.0 Å². The number of hydrogen-bond acceptors (Lipinski definition) is 3. The number of aromatic nitrogens is 1. The number of para-hydroxylation sites is 1. The molecule has 2 atom stereocenters. The molecule has 3 aromatic rings. The van der Waals surface area contributed by atoms with Crippen LogP contribution in [0.3, 0.4) is 0 Å². The number of nitrogens with one attached hydrogen (secondary N) is 1. The van der Waals surface area contributed by atoms with Gasteiger partial charge in [0.05, 0.1) is 23.7 Å². The van der Waals surface area contributed by atoms with Gasteiger partial charge in [0.25, 0.3) is 5.91 Å². The highest BCUT2D eigenvalue weighted by molar-refractivity contribution is 6.35. The zero-order valence-corrected chi connectivity index (χ0v) is 18.6. The summed E-state index contributed by atoms with van der Waals surface area (Å²) >= 11 is 6.47. The number of anilines is 1. The topological polar surface area (TPSA) is 63.6 Å². The van der Waals surface area contributed by atoms with Gasteiger partial charge in [-0.15, -0.1) is 0 Å². The van der Waals surface area contributed by atoms with Gasteiger partial charge < -0.3 is 19.5 Å². The van der Waals surface area contributed by atoms with Crippen LogP contribution in [0.4, 0.5) is 5.69 Å². The Kier molecular flexibility index (Phi) is 5.89. The Morgan fingerprint density at radius 3 is 2.72 bits per heavy atom. The number of rotatable bonds is 4. The number of hydrogen-bond donors (Lipinski definition) is 1. The van der Waals surface area contributed by atoms with Crippen molar-refractivity contribution in [1.29, 1.82) is 0 Å². The molecule has 2 saturated heterocycles. The van der Waals surface area contributed by atoms with Gasteiger partial charge in [-0.05, 0) is 49.6 Å². The largest absolute Gasteiger partial charge is 0.379 e. The molecule has 7 heteroatoms. The summed E-state index contributed by atoms with van der Waals surface area (Å²) in [6.07, 6.45) is 5.28. The third-order valence-corrected chi connectivity index (χ3v) is 6.75. The quantitative estimate of drug-likeness (QED) is 0.631. The molecule has 2 fully saturated rings. The average Bonchev–Trinajstić information content (AvgIpc) is 3.16. The van der Waals surface area contributed by atoms with E-state index in [1.165, 1.54) is 0 Å². The van der Waals surface area contributed by atoms with E-state index in [1.807, 2.05) is 36.5 Å². The summed E-state index contributed by atoms with van der Waals surface area (Å²) in [4.78, 5) is 27.0. The van der Waals surface area contributed by atoms with Crippen LogP contribution in [-0.2, 0) is 9.53 Å². The summed E-state index contributed by atoms with van der Waals surface area (Å²) in [5.74, 6) is -0.00200. The van der Waals surface area contributed by atoms with Crippen LogP contribution in [0.1, 0.15) is 42.1 Å². The van der Waals surface area contributed by atoms with Crippen molar-refractivity contribution in [3.8, 4) is 0 Å². The minimum atomic E-state index is -0.175. The Morgan fingerprint density at radius 2 is 1.91 bits per heavy atom. The van der Waals surface area contributed by atoms with Crippen molar-refractivity contribution < 1.29 is 14.3 Å². The van der Waals surface area contributed by atoms with E-state index in [1.54, 1.807) is 17.0 Å². The molecule has 2 amide bonds. The van der Waals surface area contributed by atoms with E-state index < -0.39 is 0 Å². The highest BCUT2D eigenvalue weighted by atomic mass is 35.5. The lowest BCUT2D eigenvalue weighted by atomic mass is 10.0. The fourth-order valence-corrected chi connectivity index (χ4v) is 5.02. The van der Waals surface area contributed by atoms with E-state index in [0.29, 0.717) is 30.2 Å². The third kappa shape index (κ3) is 4.00. The normalized spacial score (nSPS) is 21.7. The van der Waals surface area contributed by atoms with Crippen LogP contribution in [-0.4, -0.2) is 42.2 Å². The van der Waals surface area contributed by atoms with Crippen molar-refractivity contribution >= 4 is 40.0 Å². The minimum absolute atomic E-state index is 0.0512. The molecule has 32 heavy (non-hydrogen) atoms. The predicted octanol–water partition coefficient (Wildman–Crippen LogP) is 4.57. The van der Waals surface area contributed by atoms with Crippen LogP contribution in [0, 0.1) is 0 Å². The molecule has 5 rings (SSSR count). The number of carbonyl (C=O) groups is 2. The molecule has 2 aliphatic heterocycles. The first-order chi connectivity index (χ1) is 15.6. The second-order valence-corrected chi connectivity index (χ2v) is 8.87. The Morgan fingerprint density at radius 1 is 1.09 bits per heavy atom. The summed E-state index contributed by atoms with van der Waals surface area (Å²) in [5.41, 5.74) is 2.47. The third-order valence-electron chi connectivity index (χ3n) is 6.45. The maximum Gasteiger partial charge on any atom is 0.251 e. The van der Waals surface area contributed by atoms with Crippen molar-refractivity contribution in [3.05, 3.63) is 65.3 Å². The molecule has 166 valence electrons. The van der Waals surface area contributed by atoms with Crippen molar-refractivity contribution in [2.75, 3.05) is 24.7 Å². The molecule has 0 aliphatic carbocycles. The maximum absolute atomic E-state index is 13.0. The summed E-state index contributed by atoms with van der Waals surface area (Å²) in [5, 5.41) is 4.87. The first-order valence-electron chi connectivity index (χ1n) is 11.2. The monoisotopic (exact) mass is 451 g/mol. The van der Waals surface area contributed by atoms with Crippen molar-refractivity contribution in [3.63, 3.8) is 0 Å². The van der Waals surface area contributed by atoms with Gasteiger partial charge in [-0.1, -0.05) is 29.8 Å². The van der Waals surface area contributed by atoms with Gasteiger partial charge in [0.2, 0.25) is 5.91 Å². The van der Waals surface area contributed by atoms with Crippen molar-refractivity contribution in [1.82, 2.24) is 9.88 Å². The number of carbonyl (C=O) groups excluding carboxylic acids is 2. The molecule has 0 radical (unpaired) electrons. The van der Waals surface area contributed by atoms with Gasteiger partial charge in [0.15, 0.2) is 0 Å². The predicted molar refractivity (Wildman–Crippen MR) is 125 cm³/mol. The minimum Gasteiger partial charge on any atom is -0.379 e. The molecule has 3 heterocycles. The molecular weight excluding hydrogens is 426 g/mol. The molecule has 6 nitrogen and oxygen atoms in total. The average molecular weight is 452 g/mol. The lowest BCUT2D eigenvalue weighted by Gasteiger charge is -2.34. The SMILES string of the molecule is O=C(NC1COCCC1n1cc(Cl)c2ccccc21)c1ccc(N2CCCCC2=O)cc1. The van der Waals surface area contributed by atoms with Crippen molar-refractivity contribution in [2.24, 2.45) is 0 Å². The molecule has 2 aliphatic rings. The molecule has 1 aromatic heterocycles. The van der Waals surface area contributed by atoms with Crippen molar-refractivity contribution in [2.45, 2.75) is 37.8 Å². The van der Waals surface area contributed by atoms with Gasteiger partial charge in [-0.3, -0.25) is 9.59 Å². The number of amides is 2. The lowest BCUT2D eigenvalue weighted by molar-refractivity contribution is -0.119. The highest BCUT2D eigenvalue weighted by Gasteiger charge is 2.30. The number of fused-ring (bicyclic) bond motifs is 1. The van der Waals surface area contributed by atoms with Gasteiger partial charge in [0, 0.05) is 47.9 Å². The molecule has 2 unspecified atom stereocenters. The Hall–Kier alpha value is -2.83. The number of piperidine rings is 1.